The van der Waals surface area contributed by atoms with Crippen molar-refractivity contribution in [2.24, 2.45) is 11.1 Å². The summed E-state index contributed by atoms with van der Waals surface area (Å²) in [5.74, 6) is 0.588. The lowest BCUT2D eigenvalue weighted by Crippen LogP contribution is -2.47. The predicted octanol–water partition coefficient (Wildman–Crippen LogP) is 2.88. The zero-order valence-electron chi connectivity index (χ0n) is 11.2. The summed E-state index contributed by atoms with van der Waals surface area (Å²) in [6.45, 7) is 4.76. The van der Waals surface area contributed by atoms with Crippen LogP contribution in [0.2, 0.25) is 0 Å². The van der Waals surface area contributed by atoms with Gasteiger partial charge in [0.2, 0.25) is 5.91 Å². The monoisotopic (exact) mass is 246 g/mol. The maximum absolute atomic E-state index is 12.2. The molecule has 0 spiro atoms. The first-order valence-electron chi connectivity index (χ1n) is 6.69. The number of nitrogens with one attached hydrogen (secondary N) is 1. The van der Waals surface area contributed by atoms with Gasteiger partial charge in [-0.15, -0.1) is 0 Å². The molecule has 2 rings (SSSR count). The summed E-state index contributed by atoms with van der Waals surface area (Å²) in [7, 11) is 0. The molecule has 0 radical (unpaired) electrons. The highest BCUT2D eigenvalue weighted by atomic mass is 16.2. The molecule has 3 N–H and O–H groups in total. The largest absolute Gasteiger partial charge is 0.329 e. The minimum atomic E-state index is -0.309. The molecule has 1 aliphatic rings. The summed E-state index contributed by atoms with van der Waals surface area (Å²) in [6, 6.07) is 8.07. The summed E-state index contributed by atoms with van der Waals surface area (Å²) < 4.78 is 0. The third kappa shape index (κ3) is 2.41. The first-order chi connectivity index (χ1) is 8.57. The molecule has 1 aromatic carbocycles. The number of benzene rings is 1. The van der Waals surface area contributed by atoms with E-state index in [2.05, 4.69) is 31.3 Å². The molecular weight excluding hydrogens is 224 g/mol. The van der Waals surface area contributed by atoms with Gasteiger partial charge in [0, 0.05) is 12.2 Å². The standard InChI is InChI=1S/C15H22N2O/c1-11(2)12-4-6-13(7-5-12)17-14(18)15(10-16)8-3-9-15/h4-7,11H,3,8-10,16H2,1-2H3,(H,17,18). The second-order valence-electron chi connectivity index (χ2n) is 5.57. The molecule has 18 heavy (non-hydrogen) atoms. The van der Waals surface area contributed by atoms with Crippen molar-refractivity contribution >= 4 is 11.6 Å². The Hall–Kier alpha value is -1.35. The zero-order valence-corrected chi connectivity index (χ0v) is 11.2. The van der Waals surface area contributed by atoms with E-state index in [9.17, 15) is 4.79 Å². The quantitative estimate of drug-likeness (QED) is 0.858. The van der Waals surface area contributed by atoms with Crippen molar-refractivity contribution in [3.8, 4) is 0 Å². The van der Waals surface area contributed by atoms with Gasteiger partial charge in [-0.1, -0.05) is 32.4 Å². The van der Waals surface area contributed by atoms with Crippen LogP contribution >= 0.6 is 0 Å². The van der Waals surface area contributed by atoms with Gasteiger partial charge in [0.1, 0.15) is 0 Å². The van der Waals surface area contributed by atoms with Crippen molar-refractivity contribution in [2.75, 3.05) is 11.9 Å². The van der Waals surface area contributed by atoms with Crippen LogP contribution in [-0.2, 0) is 4.79 Å². The highest BCUT2D eigenvalue weighted by molar-refractivity contribution is 5.96. The van der Waals surface area contributed by atoms with Crippen LogP contribution in [0.15, 0.2) is 24.3 Å². The molecule has 0 aromatic heterocycles. The number of nitrogens with two attached hydrogens (primary N) is 1. The summed E-state index contributed by atoms with van der Waals surface area (Å²) in [5.41, 5.74) is 7.57. The van der Waals surface area contributed by atoms with Crippen molar-refractivity contribution < 1.29 is 4.79 Å². The Morgan fingerprint density at radius 2 is 1.94 bits per heavy atom. The number of rotatable bonds is 4. The Kier molecular flexibility index (Phi) is 3.71. The van der Waals surface area contributed by atoms with Crippen LogP contribution in [0.1, 0.15) is 44.6 Å². The lowest BCUT2D eigenvalue weighted by molar-refractivity contribution is -0.129. The van der Waals surface area contributed by atoms with E-state index in [4.69, 9.17) is 5.73 Å². The minimum Gasteiger partial charge on any atom is -0.329 e. The van der Waals surface area contributed by atoms with E-state index >= 15 is 0 Å². The van der Waals surface area contributed by atoms with Gasteiger partial charge < -0.3 is 11.1 Å². The van der Waals surface area contributed by atoms with Crippen molar-refractivity contribution in [3.05, 3.63) is 29.8 Å². The molecule has 98 valence electrons. The number of hydrogen-bond acceptors (Lipinski definition) is 2. The third-order valence-corrected chi connectivity index (χ3v) is 4.02. The van der Waals surface area contributed by atoms with Crippen molar-refractivity contribution in [2.45, 2.75) is 39.0 Å². The van der Waals surface area contributed by atoms with E-state index in [-0.39, 0.29) is 11.3 Å². The van der Waals surface area contributed by atoms with Crippen molar-refractivity contribution in [1.29, 1.82) is 0 Å². The highest BCUT2D eigenvalue weighted by Crippen LogP contribution is 2.40. The fourth-order valence-electron chi connectivity index (χ4n) is 2.34. The van der Waals surface area contributed by atoms with Crippen molar-refractivity contribution in [3.63, 3.8) is 0 Å². The number of carbonyl (C=O) groups excluding carboxylic acids is 1. The van der Waals surface area contributed by atoms with E-state index in [0.717, 1.165) is 24.9 Å². The van der Waals surface area contributed by atoms with Gasteiger partial charge in [-0.25, -0.2) is 0 Å². The number of hydrogen-bond donors (Lipinski definition) is 2. The fourth-order valence-corrected chi connectivity index (χ4v) is 2.34. The second-order valence-corrected chi connectivity index (χ2v) is 5.57. The molecule has 3 nitrogen and oxygen atoms in total. The third-order valence-electron chi connectivity index (χ3n) is 4.02. The van der Waals surface area contributed by atoms with Crippen LogP contribution in [0.4, 0.5) is 5.69 Å². The first kappa shape index (κ1) is 13.1. The number of anilines is 1. The summed E-state index contributed by atoms with van der Waals surface area (Å²) in [6.07, 6.45) is 2.94. The highest BCUT2D eigenvalue weighted by Gasteiger charge is 2.42. The van der Waals surface area contributed by atoms with Crippen LogP contribution in [0.5, 0.6) is 0 Å². The van der Waals surface area contributed by atoms with Gasteiger partial charge in [0.05, 0.1) is 5.41 Å². The van der Waals surface area contributed by atoms with Gasteiger partial charge in [0.25, 0.3) is 0 Å². The lowest BCUT2D eigenvalue weighted by Gasteiger charge is -2.39. The SMILES string of the molecule is CC(C)c1ccc(NC(=O)C2(CN)CCC2)cc1. The van der Waals surface area contributed by atoms with Gasteiger partial charge >= 0.3 is 0 Å². The predicted molar refractivity (Wildman–Crippen MR) is 74.5 cm³/mol. The minimum absolute atomic E-state index is 0.0774. The maximum atomic E-state index is 12.2. The van der Waals surface area contributed by atoms with Gasteiger partial charge in [0.15, 0.2) is 0 Å². The van der Waals surface area contributed by atoms with E-state index in [1.54, 1.807) is 0 Å². The number of carbonyl (C=O) groups is 1. The second kappa shape index (κ2) is 5.11. The molecule has 1 fully saturated rings. The van der Waals surface area contributed by atoms with E-state index in [1.807, 2.05) is 12.1 Å². The average molecular weight is 246 g/mol. The molecule has 0 bridgehead atoms. The molecule has 0 atom stereocenters. The molecule has 0 heterocycles. The Morgan fingerprint density at radius 3 is 2.33 bits per heavy atom. The summed E-state index contributed by atoms with van der Waals surface area (Å²) in [5, 5.41) is 2.98. The smallest absolute Gasteiger partial charge is 0.231 e. The first-order valence-corrected chi connectivity index (χ1v) is 6.69. The summed E-state index contributed by atoms with van der Waals surface area (Å²) >= 11 is 0. The molecule has 0 saturated heterocycles. The Morgan fingerprint density at radius 1 is 1.33 bits per heavy atom. The van der Waals surface area contributed by atoms with Gasteiger partial charge in [-0.05, 0) is 36.5 Å². The molecule has 3 heteroatoms. The van der Waals surface area contributed by atoms with Crippen molar-refractivity contribution in [1.82, 2.24) is 0 Å². The van der Waals surface area contributed by atoms with Crippen LogP contribution in [0, 0.1) is 5.41 Å². The van der Waals surface area contributed by atoms with Crippen LogP contribution in [0.25, 0.3) is 0 Å². The van der Waals surface area contributed by atoms with E-state index in [0.29, 0.717) is 12.5 Å². The Balaban J connectivity index is 2.03. The van der Waals surface area contributed by atoms with E-state index in [1.165, 1.54) is 5.56 Å². The van der Waals surface area contributed by atoms with Crippen LogP contribution in [0.3, 0.4) is 0 Å². The number of amides is 1. The molecule has 0 unspecified atom stereocenters. The maximum Gasteiger partial charge on any atom is 0.231 e. The molecule has 1 amide bonds. The lowest BCUT2D eigenvalue weighted by atomic mass is 9.68. The normalized spacial score (nSPS) is 17.3. The summed E-state index contributed by atoms with van der Waals surface area (Å²) in [4.78, 5) is 12.2. The molecular formula is C15H22N2O. The average Bonchev–Trinajstić information content (AvgIpc) is 2.29. The van der Waals surface area contributed by atoms with Crippen LogP contribution < -0.4 is 11.1 Å². The van der Waals surface area contributed by atoms with E-state index < -0.39 is 0 Å². The zero-order chi connectivity index (χ0) is 13.2. The molecule has 1 aromatic rings. The molecule has 1 saturated carbocycles. The molecule has 0 aliphatic heterocycles. The Bertz CT molecular complexity index is 413. The topological polar surface area (TPSA) is 55.1 Å². The van der Waals surface area contributed by atoms with Gasteiger partial charge in [-0.2, -0.15) is 0 Å². The Labute approximate surface area is 109 Å². The molecule has 1 aliphatic carbocycles. The van der Waals surface area contributed by atoms with Crippen LogP contribution in [-0.4, -0.2) is 12.5 Å². The van der Waals surface area contributed by atoms with Gasteiger partial charge in [-0.3, -0.25) is 4.79 Å². The fraction of sp³-hybridized carbons (Fsp3) is 0.533.